The molecule has 0 saturated carbocycles. The summed E-state index contributed by atoms with van der Waals surface area (Å²) < 4.78 is 5.73. The summed E-state index contributed by atoms with van der Waals surface area (Å²) in [6.45, 7) is 6.06. The molecule has 0 bridgehead atoms. The second-order valence-electron chi connectivity index (χ2n) is 4.71. The van der Waals surface area contributed by atoms with E-state index in [1.54, 1.807) is 0 Å². The molecule has 0 aliphatic carbocycles. The van der Waals surface area contributed by atoms with E-state index in [2.05, 4.69) is 5.32 Å². The zero-order valence-corrected chi connectivity index (χ0v) is 9.86. The van der Waals surface area contributed by atoms with E-state index in [-0.39, 0.29) is 6.10 Å². The van der Waals surface area contributed by atoms with Crippen LogP contribution in [0.4, 0.5) is 0 Å². The highest BCUT2D eigenvalue weighted by Crippen LogP contribution is 2.30. The van der Waals surface area contributed by atoms with Crippen LogP contribution >= 0.6 is 0 Å². The molecule has 1 aliphatic heterocycles. The summed E-state index contributed by atoms with van der Waals surface area (Å²) in [4.78, 5) is 0. The minimum atomic E-state index is -0.822. The van der Waals surface area contributed by atoms with Gasteiger partial charge in [-0.1, -0.05) is 24.3 Å². The molecule has 88 valence electrons. The monoisotopic (exact) mass is 221 g/mol. The van der Waals surface area contributed by atoms with Crippen LogP contribution in [0.2, 0.25) is 0 Å². The van der Waals surface area contributed by atoms with Gasteiger partial charge in [0, 0.05) is 13.1 Å². The van der Waals surface area contributed by atoms with E-state index < -0.39 is 5.60 Å². The zero-order chi connectivity index (χ0) is 11.6. The number of benzene rings is 1. The Morgan fingerprint density at radius 1 is 1.38 bits per heavy atom. The van der Waals surface area contributed by atoms with E-state index in [0.29, 0.717) is 0 Å². The molecule has 2 rings (SSSR count). The van der Waals surface area contributed by atoms with E-state index in [4.69, 9.17) is 4.74 Å². The normalized spacial score (nSPS) is 22.1. The van der Waals surface area contributed by atoms with Crippen LogP contribution in [-0.2, 0) is 10.3 Å². The van der Waals surface area contributed by atoms with Crippen LogP contribution < -0.4 is 5.32 Å². The molecule has 1 atom stereocenters. The lowest BCUT2D eigenvalue weighted by Crippen LogP contribution is -2.34. The fourth-order valence-corrected chi connectivity index (χ4v) is 2.10. The number of rotatable bonds is 2. The molecule has 3 heteroatoms. The average molecular weight is 221 g/mol. The van der Waals surface area contributed by atoms with Gasteiger partial charge >= 0.3 is 0 Å². The summed E-state index contributed by atoms with van der Waals surface area (Å²) in [5, 5.41) is 13.4. The van der Waals surface area contributed by atoms with Gasteiger partial charge < -0.3 is 15.2 Å². The van der Waals surface area contributed by atoms with Crippen molar-refractivity contribution in [1.29, 1.82) is 0 Å². The molecular weight excluding hydrogens is 202 g/mol. The third-order valence-corrected chi connectivity index (χ3v) is 2.89. The van der Waals surface area contributed by atoms with Crippen molar-refractivity contribution in [3.63, 3.8) is 0 Å². The summed E-state index contributed by atoms with van der Waals surface area (Å²) in [7, 11) is 0. The summed E-state index contributed by atoms with van der Waals surface area (Å²) >= 11 is 0. The standard InChI is InChI=1S/C13H19NO2/c1-13(2,15)11-6-4-3-5-10(11)12-9-14-7-8-16-12/h3-6,12,14-15H,7-9H2,1-2H3. The van der Waals surface area contributed by atoms with E-state index >= 15 is 0 Å². The quantitative estimate of drug-likeness (QED) is 0.796. The van der Waals surface area contributed by atoms with Crippen LogP contribution in [0.15, 0.2) is 24.3 Å². The van der Waals surface area contributed by atoms with E-state index in [1.165, 1.54) is 0 Å². The Labute approximate surface area is 96.4 Å². The van der Waals surface area contributed by atoms with Gasteiger partial charge in [-0.05, 0) is 25.0 Å². The van der Waals surface area contributed by atoms with Crippen LogP contribution in [0, 0.1) is 0 Å². The lowest BCUT2D eigenvalue weighted by atomic mass is 9.90. The molecule has 3 nitrogen and oxygen atoms in total. The molecule has 1 unspecified atom stereocenters. The summed E-state index contributed by atoms with van der Waals surface area (Å²) in [6.07, 6.45) is 0.0522. The Morgan fingerprint density at radius 3 is 2.75 bits per heavy atom. The summed E-state index contributed by atoms with van der Waals surface area (Å²) in [5.74, 6) is 0. The lowest BCUT2D eigenvalue weighted by Gasteiger charge is -2.29. The highest BCUT2D eigenvalue weighted by atomic mass is 16.5. The SMILES string of the molecule is CC(C)(O)c1ccccc1C1CNCCO1. The van der Waals surface area contributed by atoms with Gasteiger partial charge in [-0.15, -0.1) is 0 Å². The minimum absolute atomic E-state index is 0.0522. The molecule has 1 fully saturated rings. The van der Waals surface area contributed by atoms with E-state index in [0.717, 1.165) is 30.8 Å². The number of aliphatic hydroxyl groups is 1. The van der Waals surface area contributed by atoms with Gasteiger partial charge in [-0.25, -0.2) is 0 Å². The Kier molecular flexibility index (Phi) is 3.28. The number of ether oxygens (including phenoxy) is 1. The van der Waals surface area contributed by atoms with Crippen molar-refractivity contribution in [3.8, 4) is 0 Å². The first kappa shape index (κ1) is 11.6. The Balaban J connectivity index is 2.32. The number of hydrogen-bond donors (Lipinski definition) is 2. The Morgan fingerprint density at radius 2 is 2.12 bits per heavy atom. The minimum Gasteiger partial charge on any atom is -0.386 e. The molecule has 1 aliphatic rings. The smallest absolute Gasteiger partial charge is 0.0953 e. The van der Waals surface area contributed by atoms with Crippen molar-refractivity contribution in [3.05, 3.63) is 35.4 Å². The molecule has 1 saturated heterocycles. The Hall–Kier alpha value is -0.900. The molecule has 1 aromatic rings. The molecule has 1 aromatic carbocycles. The highest BCUT2D eigenvalue weighted by molar-refractivity contribution is 5.33. The second-order valence-corrected chi connectivity index (χ2v) is 4.71. The first-order valence-electron chi connectivity index (χ1n) is 5.73. The Bertz CT molecular complexity index is 351. The van der Waals surface area contributed by atoms with Gasteiger partial charge in [-0.2, -0.15) is 0 Å². The van der Waals surface area contributed by atoms with Crippen LogP contribution in [-0.4, -0.2) is 24.8 Å². The van der Waals surface area contributed by atoms with Crippen LogP contribution in [0.25, 0.3) is 0 Å². The topological polar surface area (TPSA) is 41.5 Å². The van der Waals surface area contributed by atoms with Crippen molar-refractivity contribution < 1.29 is 9.84 Å². The molecular formula is C13H19NO2. The fourth-order valence-electron chi connectivity index (χ4n) is 2.10. The number of hydrogen-bond acceptors (Lipinski definition) is 3. The number of morpholine rings is 1. The molecule has 1 heterocycles. The fraction of sp³-hybridized carbons (Fsp3) is 0.538. The third kappa shape index (κ3) is 2.43. The van der Waals surface area contributed by atoms with Gasteiger partial charge in [0.05, 0.1) is 18.3 Å². The molecule has 16 heavy (non-hydrogen) atoms. The zero-order valence-electron chi connectivity index (χ0n) is 9.86. The van der Waals surface area contributed by atoms with Crippen molar-refractivity contribution in [2.45, 2.75) is 25.6 Å². The summed E-state index contributed by atoms with van der Waals surface area (Å²) in [5.41, 5.74) is 1.21. The van der Waals surface area contributed by atoms with E-state index in [1.807, 2.05) is 38.1 Å². The van der Waals surface area contributed by atoms with Gasteiger partial charge in [0.2, 0.25) is 0 Å². The molecule has 0 spiro atoms. The predicted molar refractivity (Wildman–Crippen MR) is 63.2 cm³/mol. The maximum atomic E-state index is 10.1. The predicted octanol–water partition coefficient (Wildman–Crippen LogP) is 1.57. The van der Waals surface area contributed by atoms with Crippen LogP contribution in [0.1, 0.15) is 31.1 Å². The van der Waals surface area contributed by atoms with Gasteiger partial charge in [0.1, 0.15) is 0 Å². The van der Waals surface area contributed by atoms with Crippen LogP contribution in [0.5, 0.6) is 0 Å². The van der Waals surface area contributed by atoms with Gasteiger partial charge in [-0.3, -0.25) is 0 Å². The summed E-state index contributed by atoms with van der Waals surface area (Å²) in [6, 6.07) is 7.94. The van der Waals surface area contributed by atoms with Gasteiger partial charge in [0.25, 0.3) is 0 Å². The molecule has 0 radical (unpaired) electrons. The van der Waals surface area contributed by atoms with Crippen molar-refractivity contribution in [1.82, 2.24) is 5.32 Å². The molecule has 0 amide bonds. The maximum Gasteiger partial charge on any atom is 0.0953 e. The van der Waals surface area contributed by atoms with Crippen molar-refractivity contribution >= 4 is 0 Å². The third-order valence-electron chi connectivity index (χ3n) is 2.89. The van der Waals surface area contributed by atoms with E-state index in [9.17, 15) is 5.11 Å². The van der Waals surface area contributed by atoms with Crippen LogP contribution in [0.3, 0.4) is 0 Å². The molecule has 0 aromatic heterocycles. The second kappa shape index (κ2) is 4.53. The van der Waals surface area contributed by atoms with Crippen molar-refractivity contribution in [2.24, 2.45) is 0 Å². The lowest BCUT2D eigenvalue weighted by molar-refractivity contribution is 0.0208. The maximum absolute atomic E-state index is 10.1. The van der Waals surface area contributed by atoms with Crippen molar-refractivity contribution in [2.75, 3.05) is 19.7 Å². The van der Waals surface area contributed by atoms with Gasteiger partial charge in [0.15, 0.2) is 0 Å². The largest absolute Gasteiger partial charge is 0.386 e. The first-order valence-corrected chi connectivity index (χ1v) is 5.73. The highest BCUT2D eigenvalue weighted by Gasteiger charge is 2.25. The number of nitrogens with one attached hydrogen (secondary N) is 1. The molecule has 2 N–H and O–H groups in total. The average Bonchev–Trinajstić information content (AvgIpc) is 2.29. The first-order chi connectivity index (χ1) is 7.59.